The fourth-order valence-corrected chi connectivity index (χ4v) is 2.91. The molecule has 0 aromatic heterocycles. The van der Waals surface area contributed by atoms with Gasteiger partial charge >= 0.3 is 0 Å². The molecule has 0 unspecified atom stereocenters. The Bertz CT molecular complexity index is 784. The number of sulfone groups is 1. The zero-order chi connectivity index (χ0) is 15.6. The van der Waals surface area contributed by atoms with Crippen LogP contribution in [0.4, 0.5) is 13.2 Å². The summed E-state index contributed by atoms with van der Waals surface area (Å²) in [6.07, 6.45) is 0. The van der Waals surface area contributed by atoms with Gasteiger partial charge in [-0.05, 0) is 36.4 Å². The van der Waals surface area contributed by atoms with Gasteiger partial charge in [-0.1, -0.05) is 0 Å². The van der Waals surface area contributed by atoms with Crippen molar-refractivity contribution in [3.8, 4) is 0 Å². The normalized spacial score (nSPS) is 11.4. The van der Waals surface area contributed by atoms with Crippen LogP contribution in [0.5, 0.6) is 0 Å². The smallest absolute Gasteiger partial charge is 0.185 e. The van der Waals surface area contributed by atoms with E-state index in [0.717, 1.165) is 36.4 Å². The number of hydrogen-bond acceptors (Lipinski definition) is 3. The van der Waals surface area contributed by atoms with Crippen LogP contribution in [0, 0.1) is 17.5 Å². The second-order valence-corrected chi connectivity index (χ2v) is 6.25. The standard InChI is InChI=1S/C14H9F3O3S/c15-9-1-4-11(5-2-9)21(19,20)8-14(18)12-6-3-10(16)7-13(12)17/h1-7H,8H2. The number of halogens is 3. The fraction of sp³-hybridized carbons (Fsp3) is 0.0714. The molecule has 0 amide bonds. The van der Waals surface area contributed by atoms with Crippen molar-refractivity contribution in [3.05, 3.63) is 65.5 Å². The third-order valence-corrected chi connectivity index (χ3v) is 4.36. The first-order valence-electron chi connectivity index (χ1n) is 5.76. The van der Waals surface area contributed by atoms with Gasteiger partial charge in [0, 0.05) is 6.07 Å². The highest BCUT2D eigenvalue weighted by molar-refractivity contribution is 7.92. The Hall–Kier alpha value is -2.15. The van der Waals surface area contributed by atoms with Crippen LogP contribution in [0.2, 0.25) is 0 Å². The van der Waals surface area contributed by atoms with E-state index in [4.69, 9.17) is 0 Å². The number of carbonyl (C=O) groups is 1. The van der Waals surface area contributed by atoms with Gasteiger partial charge in [-0.15, -0.1) is 0 Å². The molecule has 0 N–H and O–H groups in total. The van der Waals surface area contributed by atoms with Crippen LogP contribution in [0.15, 0.2) is 47.4 Å². The highest BCUT2D eigenvalue weighted by Gasteiger charge is 2.22. The highest BCUT2D eigenvalue weighted by Crippen LogP contribution is 2.16. The van der Waals surface area contributed by atoms with Gasteiger partial charge in [-0.2, -0.15) is 0 Å². The predicted octanol–water partition coefficient (Wildman–Crippen LogP) is 2.76. The lowest BCUT2D eigenvalue weighted by Gasteiger charge is -2.05. The maximum absolute atomic E-state index is 13.4. The molecule has 0 bridgehead atoms. The number of carbonyl (C=O) groups excluding carboxylic acids is 1. The number of benzene rings is 2. The third-order valence-electron chi connectivity index (χ3n) is 2.73. The van der Waals surface area contributed by atoms with Crippen LogP contribution < -0.4 is 0 Å². The topological polar surface area (TPSA) is 51.2 Å². The summed E-state index contributed by atoms with van der Waals surface area (Å²) < 4.78 is 62.9. The van der Waals surface area contributed by atoms with Gasteiger partial charge in [-0.25, -0.2) is 21.6 Å². The molecule has 0 aliphatic rings. The van der Waals surface area contributed by atoms with E-state index < -0.39 is 44.4 Å². The second kappa shape index (κ2) is 5.69. The fourth-order valence-electron chi connectivity index (χ4n) is 1.69. The summed E-state index contributed by atoms with van der Waals surface area (Å²) in [5.74, 6) is -4.61. The van der Waals surface area contributed by atoms with E-state index in [1.807, 2.05) is 0 Å². The Morgan fingerprint density at radius 1 is 0.905 bits per heavy atom. The minimum atomic E-state index is -4.03. The Kier molecular flexibility index (Phi) is 4.13. The average Bonchev–Trinajstić information content (AvgIpc) is 2.38. The zero-order valence-corrected chi connectivity index (χ0v) is 11.3. The maximum atomic E-state index is 13.4. The Labute approximate surface area is 119 Å². The van der Waals surface area contributed by atoms with E-state index in [2.05, 4.69) is 0 Å². The monoisotopic (exact) mass is 314 g/mol. The highest BCUT2D eigenvalue weighted by atomic mass is 32.2. The van der Waals surface area contributed by atoms with Gasteiger partial charge in [0.1, 0.15) is 23.2 Å². The van der Waals surface area contributed by atoms with Crippen molar-refractivity contribution in [3.63, 3.8) is 0 Å². The molecule has 0 aliphatic heterocycles. The number of ketones is 1. The van der Waals surface area contributed by atoms with Gasteiger partial charge in [-0.3, -0.25) is 4.79 Å². The third kappa shape index (κ3) is 3.49. The molecule has 7 heteroatoms. The summed E-state index contributed by atoms with van der Waals surface area (Å²) in [4.78, 5) is 11.6. The number of rotatable bonds is 4. The van der Waals surface area contributed by atoms with E-state index in [1.54, 1.807) is 0 Å². The quantitative estimate of drug-likeness (QED) is 0.644. The molecule has 110 valence electrons. The van der Waals surface area contributed by atoms with Crippen LogP contribution in [0.25, 0.3) is 0 Å². The van der Waals surface area contributed by atoms with Gasteiger partial charge in [0.15, 0.2) is 15.6 Å². The van der Waals surface area contributed by atoms with Crippen molar-refractivity contribution in [2.24, 2.45) is 0 Å². The van der Waals surface area contributed by atoms with E-state index in [1.165, 1.54) is 0 Å². The SMILES string of the molecule is O=C(CS(=O)(=O)c1ccc(F)cc1)c1ccc(F)cc1F. The van der Waals surface area contributed by atoms with Crippen molar-refractivity contribution in [1.82, 2.24) is 0 Å². The number of hydrogen-bond donors (Lipinski definition) is 0. The molecule has 0 heterocycles. The average molecular weight is 314 g/mol. The molecule has 0 radical (unpaired) electrons. The molecule has 3 nitrogen and oxygen atoms in total. The lowest BCUT2D eigenvalue weighted by atomic mass is 10.1. The second-order valence-electron chi connectivity index (χ2n) is 4.26. The van der Waals surface area contributed by atoms with Crippen molar-refractivity contribution in [2.45, 2.75) is 4.90 Å². The largest absolute Gasteiger partial charge is 0.293 e. The Morgan fingerprint density at radius 2 is 1.48 bits per heavy atom. The van der Waals surface area contributed by atoms with Gasteiger partial charge < -0.3 is 0 Å². The summed E-state index contributed by atoms with van der Waals surface area (Å²) >= 11 is 0. The van der Waals surface area contributed by atoms with Crippen LogP contribution >= 0.6 is 0 Å². The predicted molar refractivity (Wildman–Crippen MR) is 69.1 cm³/mol. The minimum absolute atomic E-state index is 0.250. The van der Waals surface area contributed by atoms with E-state index in [-0.39, 0.29) is 4.90 Å². The molecule has 0 spiro atoms. The van der Waals surface area contributed by atoms with Crippen molar-refractivity contribution in [2.75, 3.05) is 5.75 Å². The Morgan fingerprint density at radius 3 is 2.05 bits per heavy atom. The van der Waals surface area contributed by atoms with Gasteiger partial charge in [0.25, 0.3) is 0 Å². The molecule has 2 aromatic rings. The van der Waals surface area contributed by atoms with E-state index >= 15 is 0 Å². The minimum Gasteiger partial charge on any atom is -0.293 e. The summed E-state index contributed by atoms with van der Waals surface area (Å²) in [6.45, 7) is 0. The zero-order valence-electron chi connectivity index (χ0n) is 10.5. The summed E-state index contributed by atoms with van der Waals surface area (Å²) in [7, 11) is -4.03. The van der Waals surface area contributed by atoms with Crippen LogP contribution in [0.1, 0.15) is 10.4 Å². The summed E-state index contributed by atoms with van der Waals surface area (Å²) in [5, 5.41) is 0. The molecular formula is C14H9F3O3S. The molecule has 0 saturated carbocycles. The first-order valence-corrected chi connectivity index (χ1v) is 7.41. The van der Waals surface area contributed by atoms with Crippen molar-refractivity contribution in [1.29, 1.82) is 0 Å². The van der Waals surface area contributed by atoms with E-state index in [0.29, 0.717) is 6.07 Å². The summed E-state index contributed by atoms with van der Waals surface area (Å²) in [5.41, 5.74) is -0.512. The van der Waals surface area contributed by atoms with Gasteiger partial charge in [0.05, 0.1) is 10.5 Å². The lowest BCUT2D eigenvalue weighted by molar-refractivity contribution is 0.101. The van der Waals surface area contributed by atoms with Crippen LogP contribution in [-0.2, 0) is 9.84 Å². The first kappa shape index (κ1) is 15.2. The van der Waals surface area contributed by atoms with Crippen molar-refractivity contribution >= 4 is 15.6 Å². The lowest BCUT2D eigenvalue weighted by Crippen LogP contribution is -2.17. The van der Waals surface area contributed by atoms with Crippen molar-refractivity contribution < 1.29 is 26.4 Å². The molecule has 2 rings (SSSR count). The van der Waals surface area contributed by atoms with Crippen LogP contribution in [-0.4, -0.2) is 20.0 Å². The molecule has 0 aliphatic carbocycles. The molecule has 2 aromatic carbocycles. The Balaban J connectivity index is 2.28. The first-order chi connectivity index (χ1) is 9.79. The molecule has 0 atom stereocenters. The van der Waals surface area contributed by atoms with E-state index in [9.17, 15) is 26.4 Å². The molecular weight excluding hydrogens is 305 g/mol. The van der Waals surface area contributed by atoms with Gasteiger partial charge in [0.2, 0.25) is 0 Å². The maximum Gasteiger partial charge on any atom is 0.185 e. The summed E-state index contributed by atoms with van der Waals surface area (Å²) in [6, 6.07) is 6.15. The van der Waals surface area contributed by atoms with Crippen LogP contribution in [0.3, 0.4) is 0 Å². The molecule has 0 fully saturated rings. The number of Topliss-reactive ketones (excluding diaryl/α,β-unsaturated/α-hetero) is 1. The molecule has 0 saturated heterocycles. The molecule has 21 heavy (non-hydrogen) atoms.